The lowest BCUT2D eigenvalue weighted by atomic mass is 10.2. The largest absolute Gasteiger partial charge is 0.364 e. The van der Waals surface area contributed by atoms with Gasteiger partial charge in [0.1, 0.15) is 11.8 Å². The molecule has 0 bridgehead atoms. The van der Waals surface area contributed by atoms with Crippen LogP contribution in [0.25, 0.3) is 10.9 Å². The summed E-state index contributed by atoms with van der Waals surface area (Å²) in [5.74, 6) is -0.238. The summed E-state index contributed by atoms with van der Waals surface area (Å²) < 4.78 is 6.96. The molecular formula is C20H16ClN3O2. The minimum atomic E-state index is -0.238. The number of carbonyl (C=O) groups is 1. The summed E-state index contributed by atoms with van der Waals surface area (Å²) in [5, 5.41) is 8.41. The fourth-order valence-electron chi connectivity index (χ4n) is 2.96. The maximum Gasteiger partial charge on any atom is 0.260 e. The van der Waals surface area contributed by atoms with Gasteiger partial charge in [-0.15, -0.1) is 0 Å². The number of aryl methyl sites for hydroxylation is 1. The van der Waals surface area contributed by atoms with Crippen LogP contribution >= 0.6 is 11.6 Å². The monoisotopic (exact) mass is 365 g/mol. The van der Waals surface area contributed by atoms with Crippen molar-refractivity contribution in [3.8, 4) is 0 Å². The first-order valence-electron chi connectivity index (χ1n) is 8.16. The molecule has 0 aliphatic heterocycles. The van der Waals surface area contributed by atoms with Gasteiger partial charge in [0.15, 0.2) is 0 Å². The molecule has 130 valence electrons. The summed E-state index contributed by atoms with van der Waals surface area (Å²) in [5.41, 5.74) is 3.91. The average molecular weight is 366 g/mol. The molecular weight excluding hydrogens is 350 g/mol. The highest BCUT2D eigenvalue weighted by molar-refractivity contribution is 6.30. The van der Waals surface area contributed by atoms with E-state index in [1.807, 2.05) is 54.7 Å². The Bertz CT molecular complexity index is 1080. The first-order chi connectivity index (χ1) is 12.6. The molecule has 0 atom stereocenters. The van der Waals surface area contributed by atoms with Crippen LogP contribution in [0.15, 0.2) is 65.5 Å². The Balaban J connectivity index is 1.68. The Morgan fingerprint density at radius 3 is 2.69 bits per heavy atom. The predicted octanol–water partition coefficient (Wildman–Crippen LogP) is 4.89. The van der Waals surface area contributed by atoms with Crippen LogP contribution in [-0.2, 0) is 6.54 Å². The van der Waals surface area contributed by atoms with Gasteiger partial charge in [-0.1, -0.05) is 47.1 Å². The van der Waals surface area contributed by atoms with E-state index < -0.39 is 0 Å². The van der Waals surface area contributed by atoms with E-state index in [0.717, 1.165) is 22.2 Å². The highest BCUT2D eigenvalue weighted by Crippen LogP contribution is 2.27. The van der Waals surface area contributed by atoms with E-state index in [1.165, 1.54) is 6.26 Å². The number of amides is 1. The van der Waals surface area contributed by atoms with E-state index in [-0.39, 0.29) is 5.91 Å². The van der Waals surface area contributed by atoms with Crippen LogP contribution in [0.5, 0.6) is 0 Å². The third-order valence-corrected chi connectivity index (χ3v) is 4.55. The van der Waals surface area contributed by atoms with Gasteiger partial charge < -0.3 is 14.4 Å². The molecule has 0 saturated carbocycles. The number of anilines is 1. The fourth-order valence-corrected chi connectivity index (χ4v) is 3.09. The zero-order valence-corrected chi connectivity index (χ0v) is 14.8. The molecule has 2 aromatic heterocycles. The van der Waals surface area contributed by atoms with Crippen molar-refractivity contribution in [3.63, 3.8) is 0 Å². The van der Waals surface area contributed by atoms with E-state index in [4.69, 9.17) is 16.1 Å². The number of benzene rings is 2. The SMILES string of the molecule is Cc1nocc1C(=O)Nc1cn(Cc2ccc(Cl)cc2)c2ccccc12. The number of halogens is 1. The van der Waals surface area contributed by atoms with Gasteiger partial charge in [0.2, 0.25) is 0 Å². The highest BCUT2D eigenvalue weighted by Gasteiger charge is 2.16. The molecule has 0 fully saturated rings. The van der Waals surface area contributed by atoms with Crippen molar-refractivity contribution in [1.82, 2.24) is 9.72 Å². The minimum Gasteiger partial charge on any atom is -0.364 e. The summed E-state index contributed by atoms with van der Waals surface area (Å²) >= 11 is 5.97. The Morgan fingerprint density at radius 1 is 1.19 bits per heavy atom. The number of fused-ring (bicyclic) bond motifs is 1. The Labute approximate surface area is 155 Å². The molecule has 26 heavy (non-hydrogen) atoms. The summed E-state index contributed by atoms with van der Waals surface area (Å²) in [6, 6.07) is 15.7. The van der Waals surface area contributed by atoms with E-state index >= 15 is 0 Å². The second kappa shape index (κ2) is 6.69. The molecule has 2 heterocycles. The van der Waals surface area contributed by atoms with Crippen molar-refractivity contribution in [2.24, 2.45) is 0 Å². The number of carbonyl (C=O) groups excluding carboxylic acids is 1. The number of hydrogen-bond acceptors (Lipinski definition) is 3. The Morgan fingerprint density at radius 2 is 1.96 bits per heavy atom. The molecule has 1 amide bonds. The summed E-state index contributed by atoms with van der Waals surface area (Å²) in [7, 11) is 0. The molecule has 0 spiro atoms. The lowest BCUT2D eigenvalue weighted by Gasteiger charge is -2.05. The topological polar surface area (TPSA) is 60.1 Å². The van der Waals surface area contributed by atoms with Gasteiger partial charge in [-0.2, -0.15) is 0 Å². The van der Waals surface area contributed by atoms with Crippen molar-refractivity contribution >= 4 is 34.1 Å². The quantitative estimate of drug-likeness (QED) is 0.560. The van der Waals surface area contributed by atoms with Crippen LogP contribution in [0.1, 0.15) is 21.6 Å². The lowest BCUT2D eigenvalue weighted by Crippen LogP contribution is -2.12. The predicted molar refractivity (Wildman–Crippen MR) is 102 cm³/mol. The number of hydrogen-bond donors (Lipinski definition) is 1. The third kappa shape index (κ3) is 3.09. The van der Waals surface area contributed by atoms with Crippen molar-refractivity contribution in [2.45, 2.75) is 13.5 Å². The molecule has 2 aromatic carbocycles. The first kappa shape index (κ1) is 16.4. The van der Waals surface area contributed by atoms with Crippen LogP contribution in [0.4, 0.5) is 5.69 Å². The summed E-state index contributed by atoms with van der Waals surface area (Å²) in [6.45, 7) is 2.42. The molecule has 0 aliphatic rings. The van der Waals surface area contributed by atoms with Crippen LogP contribution in [0.2, 0.25) is 5.02 Å². The maximum absolute atomic E-state index is 12.5. The van der Waals surface area contributed by atoms with Crippen LogP contribution in [0, 0.1) is 6.92 Å². The smallest absolute Gasteiger partial charge is 0.260 e. The molecule has 0 unspecified atom stereocenters. The van der Waals surface area contributed by atoms with Crippen molar-refractivity contribution in [2.75, 3.05) is 5.32 Å². The lowest BCUT2D eigenvalue weighted by molar-refractivity contribution is 0.102. The summed E-state index contributed by atoms with van der Waals surface area (Å²) in [4.78, 5) is 12.5. The van der Waals surface area contributed by atoms with Gasteiger partial charge in [-0.3, -0.25) is 4.79 Å². The van der Waals surface area contributed by atoms with Gasteiger partial charge in [0.05, 0.1) is 16.9 Å². The maximum atomic E-state index is 12.5. The molecule has 0 saturated heterocycles. The average Bonchev–Trinajstić information content (AvgIpc) is 3.22. The summed E-state index contributed by atoms with van der Waals surface area (Å²) in [6.07, 6.45) is 3.30. The van der Waals surface area contributed by atoms with Gasteiger partial charge in [-0.25, -0.2) is 0 Å². The first-order valence-corrected chi connectivity index (χ1v) is 8.54. The molecule has 0 aliphatic carbocycles. The van der Waals surface area contributed by atoms with Crippen LogP contribution in [0.3, 0.4) is 0 Å². The van der Waals surface area contributed by atoms with Gasteiger partial charge in [0, 0.05) is 23.2 Å². The normalized spacial score (nSPS) is 11.0. The van der Waals surface area contributed by atoms with Gasteiger partial charge in [0.25, 0.3) is 5.91 Å². The van der Waals surface area contributed by atoms with Crippen molar-refractivity contribution < 1.29 is 9.32 Å². The van der Waals surface area contributed by atoms with Crippen LogP contribution < -0.4 is 5.32 Å². The zero-order valence-electron chi connectivity index (χ0n) is 14.1. The number of nitrogens with one attached hydrogen (secondary N) is 1. The second-order valence-corrected chi connectivity index (χ2v) is 6.52. The van der Waals surface area contributed by atoms with Gasteiger partial charge in [-0.05, 0) is 30.7 Å². The Kier molecular flexibility index (Phi) is 4.22. The van der Waals surface area contributed by atoms with E-state index in [1.54, 1.807) is 6.92 Å². The molecule has 5 nitrogen and oxygen atoms in total. The third-order valence-electron chi connectivity index (χ3n) is 4.30. The fraction of sp³-hybridized carbons (Fsp3) is 0.100. The zero-order chi connectivity index (χ0) is 18.1. The van der Waals surface area contributed by atoms with Crippen LogP contribution in [-0.4, -0.2) is 15.6 Å². The number of para-hydroxylation sites is 1. The highest BCUT2D eigenvalue weighted by atomic mass is 35.5. The van der Waals surface area contributed by atoms with Crippen molar-refractivity contribution in [1.29, 1.82) is 0 Å². The number of aromatic nitrogens is 2. The standard InChI is InChI=1S/C20H16ClN3O2/c1-13-17(12-26-23-13)20(25)22-18-11-24(19-5-3-2-4-16(18)19)10-14-6-8-15(21)9-7-14/h2-9,11-12H,10H2,1H3,(H,22,25). The molecule has 4 rings (SSSR count). The van der Waals surface area contributed by atoms with Gasteiger partial charge >= 0.3 is 0 Å². The van der Waals surface area contributed by atoms with Crippen molar-refractivity contribution in [3.05, 3.63) is 82.8 Å². The minimum absolute atomic E-state index is 0.238. The molecule has 4 aromatic rings. The number of nitrogens with zero attached hydrogens (tertiary/aromatic N) is 2. The van der Waals surface area contributed by atoms with E-state index in [2.05, 4.69) is 15.0 Å². The molecule has 6 heteroatoms. The number of rotatable bonds is 4. The Hall–Kier alpha value is -3.05. The second-order valence-electron chi connectivity index (χ2n) is 6.08. The van der Waals surface area contributed by atoms with E-state index in [9.17, 15) is 4.79 Å². The van der Waals surface area contributed by atoms with E-state index in [0.29, 0.717) is 22.8 Å². The molecule has 1 N–H and O–H groups in total. The molecule has 0 radical (unpaired) electrons.